The van der Waals surface area contributed by atoms with Crippen molar-refractivity contribution in [2.45, 2.75) is 13.0 Å². The molecule has 0 atom stereocenters. The van der Waals surface area contributed by atoms with Crippen LogP contribution in [0.25, 0.3) is 0 Å². The summed E-state index contributed by atoms with van der Waals surface area (Å²) in [6.45, 7) is 1.63. The average Bonchev–Trinajstić information content (AvgIpc) is 2.41. The fourth-order valence-corrected chi connectivity index (χ4v) is 2.28. The molecule has 6 heteroatoms. The maximum atomic E-state index is 9.27. The molecule has 1 aromatic heterocycles. The van der Waals surface area contributed by atoms with E-state index in [0.717, 1.165) is 36.5 Å². The summed E-state index contributed by atoms with van der Waals surface area (Å²) in [6.07, 6.45) is 0.849. The Balaban J connectivity index is 1.95. The zero-order valence-electron chi connectivity index (χ0n) is 10.2. The second-order valence-corrected chi connectivity index (χ2v) is 4.70. The molecule has 0 saturated carbocycles. The van der Waals surface area contributed by atoms with Crippen LogP contribution in [-0.2, 0) is 13.0 Å². The summed E-state index contributed by atoms with van der Waals surface area (Å²) in [5, 5.41) is 16.0. The molecule has 0 spiro atoms. The van der Waals surface area contributed by atoms with Gasteiger partial charge in [-0.1, -0.05) is 0 Å². The molecule has 0 aliphatic carbocycles. The van der Waals surface area contributed by atoms with E-state index in [-0.39, 0.29) is 11.0 Å². The van der Waals surface area contributed by atoms with E-state index in [4.69, 9.17) is 11.6 Å². The predicted octanol–water partition coefficient (Wildman–Crippen LogP) is 2.22. The lowest BCUT2D eigenvalue weighted by atomic mass is 10.1. The number of hydrogen-bond acceptors (Lipinski definition) is 5. The highest BCUT2D eigenvalue weighted by molar-refractivity contribution is 6.28. The van der Waals surface area contributed by atoms with Gasteiger partial charge < -0.3 is 15.7 Å². The first-order valence-corrected chi connectivity index (χ1v) is 6.42. The van der Waals surface area contributed by atoms with E-state index in [1.54, 1.807) is 24.3 Å². The Morgan fingerprint density at radius 1 is 1.21 bits per heavy atom. The molecule has 0 bridgehead atoms. The minimum atomic E-state index is 0.231. The first-order valence-electron chi connectivity index (χ1n) is 6.04. The highest BCUT2D eigenvalue weighted by atomic mass is 35.5. The van der Waals surface area contributed by atoms with E-state index < -0.39 is 0 Å². The Morgan fingerprint density at radius 3 is 2.79 bits per heavy atom. The molecule has 3 N–H and O–H groups in total. The molecule has 1 aliphatic heterocycles. The Kier molecular flexibility index (Phi) is 3.23. The third-order valence-corrected chi connectivity index (χ3v) is 3.20. The first-order chi connectivity index (χ1) is 9.22. The fourth-order valence-electron chi connectivity index (χ4n) is 2.10. The summed E-state index contributed by atoms with van der Waals surface area (Å²) >= 11 is 5.95. The Hall–Kier alpha value is -1.85. The molecular weight excluding hydrogens is 264 g/mol. The molecule has 0 unspecified atom stereocenters. The van der Waals surface area contributed by atoms with Gasteiger partial charge in [-0.25, -0.2) is 9.97 Å². The van der Waals surface area contributed by atoms with Crippen LogP contribution in [0.5, 0.6) is 5.75 Å². The summed E-state index contributed by atoms with van der Waals surface area (Å²) in [6, 6.07) is 6.81. The third-order valence-electron chi connectivity index (χ3n) is 3.04. The number of fused-ring (bicyclic) bond motifs is 1. The number of halogens is 1. The standard InChI is InChI=1S/C13H13ClN4O/c14-13-17-11-5-6-15-7-10(11)12(18-13)16-8-1-3-9(19)4-2-8/h1-4,15,19H,5-7H2,(H,16,17,18). The number of nitrogens with zero attached hydrogens (tertiary/aromatic N) is 2. The van der Waals surface area contributed by atoms with Gasteiger partial charge in [-0.3, -0.25) is 0 Å². The van der Waals surface area contributed by atoms with Crippen LogP contribution in [0.1, 0.15) is 11.3 Å². The van der Waals surface area contributed by atoms with E-state index in [1.807, 2.05) is 0 Å². The highest BCUT2D eigenvalue weighted by Crippen LogP contribution is 2.25. The van der Waals surface area contributed by atoms with E-state index in [2.05, 4.69) is 20.6 Å². The normalized spacial score (nSPS) is 13.9. The van der Waals surface area contributed by atoms with E-state index in [1.165, 1.54) is 0 Å². The SMILES string of the molecule is Oc1ccc(Nc2nc(Cl)nc3c2CNCC3)cc1. The predicted molar refractivity (Wildman–Crippen MR) is 73.8 cm³/mol. The summed E-state index contributed by atoms with van der Waals surface area (Å²) in [5.41, 5.74) is 2.88. The Morgan fingerprint density at radius 2 is 2.00 bits per heavy atom. The van der Waals surface area contributed by atoms with Crippen molar-refractivity contribution in [1.82, 2.24) is 15.3 Å². The van der Waals surface area contributed by atoms with Crippen LogP contribution >= 0.6 is 11.6 Å². The summed E-state index contributed by atoms with van der Waals surface area (Å²) in [7, 11) is 0. The Labute approximate surface area is 115 Å². The topological polar surface area (TPSA) is 70.1 Å². The van der Waals surface area contributed by atoms with Crippen molar-refractivity contribution in [2.24, 2.45) is 0 Å². The van der Waals surface area contributed by atoms with Crippen LogP contribution in [-0.4, -0.2) is 21.6 Å². The summed E-state index contributed by atoms with van der Waals surface area (Å²) < 4.78 is 0. The van der Waals surface area contributed by atoms with Gasteiger partial charge in [0.05, 0.1) is 5.69 Å². The van der Waals surface area contributed by atoms with Gasteiger partial charge >= 0.3 is 0 Å². The van der Waals surface area contributed by atoms with Gasteiger partial charge in [-0.15, -0.1) is 0 Å². The molecule has 0 saturated heterocycles. The largest absolute Gasteiger partial charge is 0.508 e. The number of aromatic hydroxyl groups is 1. The number of nitrogens with one attached hydrogen (secondary N) is 2. The van der Waals surface area contributed by atoms with Crippen LogP contribution in [0.3, 0.4) is 0 Å². The van der Waals surface area contributed by atoms with E-state index >= 15 is 0 Å². The molecule has 1 aromatic carbocycles. The zero-order valence-corrected chi connectivity index (χ0v) is 10.9. The van der Waals surface area contributed by atoms with Gasteiger partial charge in [0, 0.05) is 30.8 Å². The molecule has 0 radical (unpaired) electrons. The first kappa shape index (κ1) is 12.2. The zero-order chi connectivity index (χ0) is 13.2. The molecule has 19 heavy (non-hydrogen) atoms. The fraction of sp³-hybridized carbons (Fsp3) is 0.231. The lowest BCUT2D eigenvalue weighted by Crippen LogP contribution is -2.26. The van der Waals surface area contributed by atoms with Crippen LogP contribution in [0.4, 0.5) is 11.5 Å². The molecule has 3 rings (SSSR count). The number of phenolic OH excluding ortho intramolecular Hbond substituents is 1. The number of phenols is 1. The Bertz CT molecular complexity index is 600. The molecule has 0 fully saturated rings. The van der Waals surface area contributed by atoms with E-state index in [0.29, 0.717) is 5.82 Å². The van der Waals surface area contributed by atoms with Crippen LogP contribution in [0.15, 0.2) is 24.3 Å². The number of hydrogen-bond donors (Lipinski definition) is 3. The maximum absolute atomic E-state index is 9.27. The van der Waals surface area contributed by atoms with Crippen molar-refractivity contribution in [3.05, 3.63) is 40.8 Å². The van der Waals surface area contributed by atoms with Crippen LogP contribution in [0, 0.1) is 0 Å². The molecule has 0 amide bonds. The van der Waals surface area contributed by atoms with Crippen molar-refractivity contribution in [3.8, 4) is 5.75 Å². The maximum Gasteiger partial charge on any atom is 0.224 e. The number of anilines is 2. The van der Waals surface area contributed by atoms with Crippen molar-refractivity contribution >= 4 is 23.1 Å². The minimum Gasteiger partial charge on any atom is -0.508 e. The molecule has 2 aromatic rings. The second kappa shape index (κ2) is 5.03. The van der Waals surface area contributed by atoms with Crippen molar-refractivity contribution in [1.29, 1.82) is 0 Å². The molecule has 2 heterocycles. The highest BCUT2D eigenvalue weighted by Gasteiger charge is 2.17. The lowest BCUT2D eigenvalue weighted by molar-refractivity contribution is 0.475. The summed E-state index contributed by atoms with van der Waals surface area (Å²) in [4.78, 5) is 8.51. The number of rotatable bonds is 2. The quantitative estimate of drug-likeness (QED) is 0.580. The molecule has 98 valence electrons. The van der Waals surface area contributed by atoms with Gasteiger partial charge in [-0.2, -0.15) is 0 Å². The van der Waals surface area contributed by atoms with Crippen LogP contribution in [0.2, 0.25) is 5.28 Å². The second-order valence-electron chi connectivity index (χ2n) is 4.37. The van der Waals surface area contributed by atoms with Crippen LogP contribution < -0.4 is 10.6 Å². The third kappa shape index (κ3) is 2.62. The molecule has 1 aliphatic rings. The van der Waals surface area contributed by atoms with Gasteiger partial charge in [0.25, 0.3) is 0 Å². The number of benzene rings is 1. The lowest BCUT2D eigenvalue weighted by Gasteiger charge is -2.19. The minimum absolute atomic E-state index is 0.231. The summed E-state index contributed by atoms with van der Waals surface area (Å²) in [5.74, 6) is 0.947. The van der Waals surface area contributed by atoms with E-state index in [9.17, 15) is 5.11 Å². The van der Waals surface area contributed by atoms with Gasteiger partial charge in [0.2, 0.25) is 5.28 Å². The average molecular weight is 277 g/mol. The molecular formula is C13H13ClN4O. The van der Waals surface area contributed by atoms with Gasteiger partial charge in [-0.05, 0) is 35.9 Å². The monoisotopic (exact) mass is 276 g/mol. The van der Waals surface area contributed by atoms with Crippen molar-refractivity contribution in [3.63, 3.8) is 0 Å². The molecule has 5 nitrogen and oxygen atoms in total. The van der Waals surface area contributed by atoms with Crippen molar-refractivity contribution < 1.29 is 5.11 Å². The number of aromatic nitrogens is 2. The smallest absolute Gasteiger partial charge is 0.224 e. The van der Waals surface area contributed by atoms with Gasteiger partial charge in [0.15, 0.2) is 0 Å². The van der Waals surface area contributed by atoms with Crippen molar-refractivity contribution in [2.75, 3.05) is 11.9 Å². The van der Waals surface area contributed by atoms with Gasteiger partial charge in [0.1, 0.15) is 11.6 Å².